The van der Waals surface area contributed by atoms with Crippen molar-refractivity contribution < 1.29 is 18.7 Å². The maximum absolute atomic E-state index is 14.0. The summed E-state index contributed by atoms with van der Waals surface area (Å²) in [5.41, 5.74) is 1.68. The van der Waals surface area contributed by atoms with Crippen LogP contribution in [0.3, 0.4) is 0 Å². The van der Waals surface area contributed by atoms with Gasteiger partial charge in [-0.1, -0.05) is 59.5 Å². The second-order valence-corrected chi connectivity index (χ2v) is 11.4. The molecule has 0 aliphatic carbocycles. The lowest BCUT2D eigenvalue weighted by molar-refractivity contribution is -0.139. The molecular formula is C30H25Cl3N2O5S. The summed E-state index contributed by atoms with van der Waals surface area (Å²) >= 11 is 20.1. The first-order valence-electron chi connectivity index (χ1n) is 12.9. The molecule has 11 heteroatoms. The summed E-state index contributed by atoms with van der Waals surface area (Å²) in [6.07, 6.45) is 2.89. The van der Waals surface area contributed by atoms with E-state index in [0.29, 0.717) is 64.9 Å². The zero-order valence-corrected chi connectivity index (χ0v) is 25.5. The Balaban J connectivity index is 1.72. The van der Waals surface area contributed by atoms with E-state index in [1.807, 2.05) is 6.92 Å². The van der Waals surface area contributed by atoms with Crippen LogP contribution in [0.25, 0.3) is 17.4 Å². The number of benzene rings is 2. The number of allylic oxidation sites excluding steroid dienone is 1. The average Bonchev–Trinajstić information content (AvgIpc) is 3.53. The van der Waals surface area contributed by atoms with Gasteiger partial charge in [0, 0.05) is 27.2 Å². The van der Waals surface area contributed by atoms with Crippen molar-refractivity contribution in [1.29, 1.82) is 0 Å². The molecular weight excluding hydrogens is 607 g/mol. The first-order chi connectivity index (χ1) is 19.7. The summed E-state index contributed by atoms with van der Waals surface area (Å²) < 4.78 is 19.0. The molecule has 1 aliphatic heterocycles. The van der Waals surface area contributed by atoms with Crippen LogP contribution in [-0.4, -0.2) is 24.3 Å². The number of furan rings is 1. The smallest absolute Gasteiger partial charge is 0.338 e. The van der Waals surface area contributed by atoms with Gasteiger partial charge in [-0.05, 0) is 61.9 Å². The van der Waals surface area contributed by atoms with Crippen LogP contribution >= 0.6 is 46.1 Å². The van der Waals surface area contributed by atoms with Crippen LogP contribution < -0.4 is 19.6 Å². The van der Waals surface area contributed by atoms with E-state index in [2.05, 4.69) is 0 Å². The molecule has 0 unspecified atom stereocenters. The fourth-order valence-electron chi connectivity index (χ4n) is 4.72. The largest absolute Gasteiger partial charge is 0.496 e. The number of fused-ring (bicyclic) bond motifs is 1. The van der Waals surface area contributed by atoms with E-state index in [9.17, 15) is 9.59 Å². The first kappa shape index (κ1) is 29.2. The highest BCUT2D eigenvalue weighted by Crippen LogP contribution is 2.38. The highest BCUT2D eigenvalue weighted by molar-refractivity contribution is 7.07. The number of aromatic nitrogens is 1. The van der Waals surface area contributed by atoms with Crippen molar-refractivity contribution in [1.82, 2.24) is 4.57 Å². The molecule has 0 bridgehead atoms. The number of methoxy groups -OCH3 is 1. The zero-order chi connectivity index (χ0) is 29.3. The molecule has 212 valence electrons. The van der Waals surface area contributed by atoms with Crippen molar-refractivity contribution in [2.24, 2.45) is 4.99 Å². The van der Waals surface area contributed by atoms with Crippen LogP contribution in [0.5, 0.6) is 5.75 Å². The van der Waals surface area contributed by atoms with Crippen molar-refractivity contribution >= 4 is 58.2 Å². The fraction of sp³-hybridized carbons (Fsp3) is 0.233. The highest BCUT2D eigenvalue weighted by atomic mass is 35.5. The maximum Gasteiger partial charge on any atom is 0.338 e. The quantitative estimate of drug-likeness (QED) is 0.200. The third-order valence-electron chi connectivity index (χ3n) is 6.47. The fourth-order valence-corrected chi connectivity index (χ4v) is 6.29. The van der Waals surface area contributed by atoms with Crippen molar-refractivity contribution in [3.8, 4) is 17.1 Å². The van der Waals surface area contributed by atoms with E-state index < -0.39 is 12.0 Å². The van der Waals surface area contributed by atoms with E-state index in [1.54, 1.807) is 61.5 Å². The van der Waals surface area contributed by atoms with E-state index >= 15 is 0 Å². The van der Waals surface area contributed by atoms with Gasteiger partial charge >= 0.3 is 5.97 Å². The second kappa shape index (κ2) is 12.3. The summed E-state index contributed by atoms with van der Waals surface area (Å²) in [4.78, 5) is 32.6. The summed E-state index contributed by atoms with van der Waals surface area (Å²) in [5, 5.41) is 1.44. The second-order valence-electron chi connectivity index (χ2n) is 9.13. The lowest BCUT2D eigenvalue weighted by Gasteiger charge is -2.27. The van der Waals surface area contributed by atoms with Crippen molar-refractivity contribution in [2.45, 2.75) is 32.7 Å². The van der Waals surface area contributed by atoms with Crippen LogP contribution in [0.4, 0.5) is 0 Å². The van der Waals surface area contributed by atoms with Crippen LogP contribution in [0.15, 0.2) is 74.0 Å². The first-order valence-corrected chi connectivity index (χ1v) is 14.8. The molecule has 1 atom stereocenters. The molecule has 0 fully saturated rings. The van der Waals surface area contributed by atoms with Crippen LogP contribution in [0.2, 0.25) is 15.1 Å². The molecule has 0 saturated carbocycles. The zero-order valence-electron chi connectivity index (χ0n) is 22.4. The van der Waals surface area contributed by atoms with Gasteiger partial charge in [-0.15, -0.1) is 0 Å². The Morgan fingerprint density at radius 1 is 1.10 bits per heavy atom. The summed E-state index contributed by atoms with van der Waals surface area (Å²) in [7, 11) is 1.53. The number of rotatable bonds is 8. The molecule has 3 heterocycles. The van der Waals surface area contributed by atoms with Gasteiger partial charge in [0.15, 0.2) is 4.80 Å². The number of thiazole rings is 1. The van der Waals surface area contributed by atoms with E-state index in [1.165, 1.54) is 23.0 Å². The normalized spacial score (nSPS) is 15.1. The molecule has 0 amide bonds. The predicted octanol–water partition coefficient (Wildman–Crippen LogP) is 6.81. The number of nitrogens with zero attached hydrogens (tertiary/aromatic N) is 2. The SMILES string of the molecule is CCCC1=C(C(=O)OCC)[C@@H](c2cc(Cl)ccc2OC)n2c(s/c(=C/c3ccc(-c4cc(Cl)ccc4Cl)o3)c2=O)=N1. The molecule has 2 aromatic carbocycles. The topological polar surface area (TPSA) is 83.0 Å². The molecule has 41 heavy (non-hydrogen) atoms. The summed E-state index contributed by atoms with van der Waals surface area (Å²) in [6, 6.07) is 12.8. The van der Waals surface area contributed by atoms with E-state index in [0.717, 1.165) is 6.42 Å². The van der Waals surface area contributed by atoms with Crippen LogP contribution in [0, 0.1) is 0 Å². The minimum absolute atomic E-state index is 0.170. The van der Waals surface area contributed by atoms with E-state index in [-0.39, 0.29) is 17.7 Å². The molecule has 0 saturated heterocycles. The molecule has 0 spiro atoms. The van der Waals surface area contributed by atoms with Gasteiger partial charge in [0.25, 0.3) is 5.56 Å². The van der Waals surface area contributed by atoms with Gasteiger partial charge in [0.2, 0.25) is 0 Å². The van der Waals surface area contributed by atoms with Gasteiger partial charge in [-0.3, -0.25) is 9.36 Å². The van der Waals surface area contributed by atoms with Crippen molar-refractivity contribution in [3.63, 3.8) is 0 Å². The number of carbonyl (C=O) groups excluding carboxylic acids is 1. The highest BCUT2D eigenvalue weighted by Gasteiger charge is 2.36. The molecule has 5 rings (SSSR count). The minimum atomic E-state index is -0.861. The van der Waals surface area contributed by atoms with Crippen molar-refractivity contribution in [2.75, 3.05) is 13.7 Å². The summed E-state index contributed by atoms with van der Waals surface area (Å²) in [5.74, 6) is 0.877. The average molecular weight is 632 g/mol. The molecule has 1 aliphatic rings. The lowest BCUT2D eigenvalue weighted by Crippen LogP contribution is -2.40. The molecule has 7 nitrogen and oxygen atoms in total. The Labute approximate surface area is 254 Å². The number of hydrogen-bond acceptors (Lipinski definition) is 7. The maximum atomic E-state index is 14.0. The number of halogens is 3. The van der Waals surface area contributed by atoms with Crippen LogP contribution in [-0.2, 0) is 9.53 Å². The molecule has 4 aromatic rings. The predicted molar refractivity (Wildman–Crippen MR) is 162 cm³/mol. The van der Waals surface area contributed by atoms with E-state index in [4.69, 9.17) is 53.7 Å². The Morgan fingerprint density at radius 2 is 1.85 bits per heavy atom. The number of esters is 1. The Kier molecular flexibility index (Phi) is 8.75. The Morgan fingerprint density at radius 3 is 2.59 bits per heavy atom. The Hall–Kier alpha value is -3.30. The minimum Gasteiger partial charge on any atom is -0.496 e. The van der Waals surface area contributed by atoms with Gasteiger partial charge < -0.3 is 13.9 Å². The molecule has 0 N–H and O–H groups in total. The number of carbonyl (C=O) groups is 1. The van der Waals surface area contributed by atoms with Gasteiger partial charge in [-0.25, -0.2) is 9.79 Å². The van der Waals surface area contributed by atoms with Gasteiger partial charge in [0.1, 0.15) is 23.3 Å². The standard InChI is InChI=1S/C30H25Cl3N2O5S/c1-4-6-22-26(29(37)39-5-2)27(20-14-17(32)8-11-23(20)38-3)35-28(36)25(41-30(35)34-22)15-18-9-12-24(40-18)19-13-16(31)7-10-21(19)33/h7-15,27H,4-6H2,1-3H3/b25-15+/t27-/m1/s1. The van der Waals surface area contributed by atoms with Crippen molar-refractivity contribution in [3.05, 3.63) is 106 Å². The van der Waals surface area contributed by atoms with Gasteiger partial charge in [0.05, 0.1) is 34.5 Å². The Bertz CT molecular complexity index is 1850. The van der Waals surface area contributed by atoms with Gasteiger partial charge in [-0.2, -0.15) is 0 Å². The molecule has 0 radical (unpaired) electrons. The summed E-state index contributed by atoms with van der Waals surface area (Å²) in [6.45, 7) is 3.90. The molecule has 2 aromatic heterocycles. The van der Waals surface area contributed by atoms with Crippen LogP contribution in [0.1, 0.15) is 44.1 Å². The monoisotopic (exact) mass is 630 g/mol. The lowest BCUT2D eigenvalue weighted by atomic mass is 9.93. The third-order valence-corrected chi connectivity index (χ3v) is 8.26. The number of hydrogen-bond donors (Lipinski definition) is 0. The number of ether oxygens (including phenoxy) is 2. The third kappa shape index (κ3) is 5.75.